The summed E-state index contributed by atoms with van der Waals surface area (Å²) < 4.78 is 0. The van der Waals surface area contributed by atoms with Gasteiger partial charge in [-0.25, -0.2) is 0 Å². The van der Waals surface area contributed by atoms with Gasteiger partial charge in [-0.1, -0.05) is 17.4 Å². The maximum atomic E-state index is 12.9. The molecule has 28 heavy (non-hydrogen) atoms. The number of carbonyl (C=O) groups excluding carboxylic acids is 2. The van der Waals surface area contributed by atoms with Gasteiger partial charge in [0, 0.05) is 44.7 Å². The van der Waals surface area contributed by atoms with Crippen molar-refractivity contribution in [1.82, 2.24) is 20.0 Å². The van der Waals surface area contributed by atoms with Crippen molar-refractivity contribution in [3.8, 4) is 9.88 Å². The van der Waals surface area contributed by atoms with Crippen LogP contribution < -0.4 is 4.90 Å². The molecule has 9 heteroatoms. The number of aromatic nitrogens is 2. The summed E-state index contributed by atoms with van der Waals surface area (Å²) >= 11 is 3.26. The average Bonchev–Trinajstić information content (AvgIpc) is 3.40. The van der Waals surface area contributed by atoms with E-state index in [0.717, 1.165) is 28.1 Å². The summed E-state index contributed by atoms with van der Waals surface area (Å²) in [5.41, 5.74) is -0.233. The molecule has 150 valence electrons. The molecule has 0 radical (unpaired) electrons. The van der Waals surface area contributed by atoms with Crippen molar-refractivity contribution in [3.63, 3.8) is 0 Å². The monoisotopic (exact) mass is 419 g/mol. The Morgan fingerprint density at radius 2 is 1.93 bits per heavy atom. The van der Waals surface area contributed by atoms with Crippen LogP contribution in [0.25, 0.3) is 9.88 Å². The van der Waals surface area contributed by atoms with E-state index in [0.29, 0.717) is 26.1 Å². The Morgan fingerprint density at radius 1 is 1.18 bits per heavy atom. The molecule has 2 aromatic heterocycles. The second-order valence-electron chi connectivity index (χ2n) is 8.26. The predicted molar refractivity (Wildman–Crippen MR) is 112 cm³/mol. The van der Waals surface area contributed by atoms with E-state index in [-0.39, 0.29) is 23.3 Å². The third kappa shape index (κ3) is 3.77. The van der Waals surface area contributed by atoms with E-state index in [1.54, 1.807) is 22.7 Å². The van der Waals surface area contributed by atoms with Crippen LogP contribution in [0.15, 0.2) is 17.5 Å². The van der Waals surface area contributed by atoms with E-state index >= 15 is 0 Å². The molecule has 0 aromatic carbocycles. The van der Waals surface area contributed by atoms with E-state index in [1.807, 2.05) is 42.0 Å². The molecule has 2 amide bonds. The number of nitrogens with zero attached hydrogens (tertiary/aromatic N) is 5. The number of amides is 2. The van der Waals surface area contributed by atoms with Gasteiger partial charge >= 0.3 is 0 Å². The number of rotatable bonds is 3. The van der Waals surface area contributed by atoms with Crippen LogP contribution >= 0.6 is 22.7 Å². The molecule has 4 heterocycles. The normalized spacial score (nSPS) is 20.9. The third-order valence-corrected chi connectivity index (χ3v) is 7.32. The molecule has 7 nitrogen and oxygen atoms in total. The zero-order valence-electron chi connectivity index (χ0n) is 16.4. The third-order valence-electron chi connectivity index (χ3n) is 5.29. The average molecular weight is 420 g/mol. The smallest absolute Gasteiger partial charge is 0.228 e. The molecule has 2 aromatic rings. The summed E-state index contributed by atoms with van der Waals surface area (Å²) in [5, 5.41) is 12.5. The zero-order valence-corrected chi connectivity index (χ0v) is 18.1. The van der Waals surface area contributed by atoms with E-state index in [2.05, 4.69) is 21.2 Å². The van der Waals surface area contributed by atoms with Gasteiger partial charge < -0.3 is 14.7 Å². The molecule has 2 aliphatic heterocycles. The Kier molecular flexibility index (Phi) is 5.13. The highest BCUT2D eigenvalue weighted by molar-refractivity contribution is 7.22. The Balaban J connectivity index is 1.34. The minimum absolute atomic E-state index is 0.0828. The van der Waals surface area contributed by atoms with Crippen molar-refractivity contribution < 1.29 is 9.59 Å². The second kappa shape index (κ2) is 7.44. The number of hydrogen-bond donors (Lipinski definition) is 0. The van der Waals surface area contributed by atoms with E-state index < -0.39 is 0 Å². The molecule has 4 rings (SSSR count). The van der Waals surface area contributed by atoms with E-state index in [4.69, 9.17) is 0 Å². The number of carbonyl (C=O) groups is 2. The molecular formula is C19H25N5O2S2. The van der Waals surface area contributed by atoms with Crippen LogP contribution in [-0.2, 0) is 9.59 Å². The van der Waals surface area contributed by atoms with E-state index in [1.165, 1.54) is 0 Å². The largest absolute Gasteiger partial charge is 0.343 e. The lowest BCUT2D eigenvalue weighted by Crippen LogP contribution is -2.51. The Morgan fingerprint density at radius 3 is 2.54 bits per heavy atom. The molecule has 1 atom stereocenters. The molecule has 2 fully saturated rings. The Hall–Kier alpha value is -2.00. The SMILES string of the molecule is CC(C)(C)N1CC(C(=O)N2CCN(c3nnc(-c4cccs4)s3)CC2)CC1=O. The van der Waals surface area contributed by atoms with Crippen molar-refractivity contribution in [2.24, 2.45) is 5.92 Å². The highest BCUT2D eigenvalue weighted by Crippen LogP contribution is 2.32. The lowest BCUT2D eigenvalue weighted by molar-refractivity contribution is -0.136. The lowest BCUT2D eigenvalue weighted by atomic mass is 10.1. The summed E-state index contributed by atoms with van der Waals surface area (Å²) in [7, 11) is 0. The summed E-state index contributed by atoms with van der Waals surface area (Å²) in [5.74, 6) is -0.0269. The number of piperazine rings is 1. The molecule has 1 unspecified atom stereocenters. The second-order valence-corrected chi connectivity index (χ2v) is 10.2. The van der Waals surface area contributed by atoms with Crippen LogP contribution in [0, 0.1) is 5.92 Å². The molecule has 2 saturated heterocycles. The van der Waals surface area contributed by atoms with Crippen LogP contribution in [0.1, 0.15) is 27.2 Å². The van der Waals surface area contributed by atoms with Crippen LogP contribution in [-0.4, -0.2) is 70.1 Å². The van der Waals surface area contributed by atoms with Crippen LogP contribution in [0.2, 0.25) is 0 Å². The quantitative estimate of drug-likeness (QED) is 0.765. The van der Waals surface area contributed by atoms with Crippen molar-refractivity contribution in [2.45, 2.75) is 32.7 Å². The molecule has 0 saturated carbocycles. The van der Waals surface area contributed by atoms with Crippen LogP contribution in [0.5, 0.6) is 0 Å². The van der Waals surface area contributed by atoms with Crippen molar-refractivity contribution in [1.29, 1.82) is 0 Å². The van der Waals surface area contributed by atoms with Crippen LogP contribution in [0.3, 0.4) is 0 Å². The van der Waals surface area contributed by atoms with Gasteiger partial charge in [-0.15, -0.1) is 21.5 Å². The van der Waals surface area contributed by atoms with Gasteiger partial charge in [-0.05, 0) is 32.2 Å². The van der Waals surface area contributed by atoms with Crippen molar-refractivity contribution >= 4 is 39.6 Å². The summed E-state index contributed by atoms with van der Waals surface area (Å²) in [6.07, 6.45) is 0.330. The first-order chi connectivity index (χ1) is 13.3. The topological polar surface area (TPSA) is 69.6 Å². The first-order valence-electron chi connectivity index (χ1n) is 9.54. The first-order valence-corrected chi connectivity index (χ1v) is 11.2. The highest BCUT2D eigenvalue weighted by Gasteiger charge is 2.41. The van der Waals surface area contributed by atoms with Gasteiger partial charge in [-0.2, -0.15) is 0 Å². The lowest BCUT2D eigenvalue weighted by Gasteiger charge is -2.36. The van der Waals surface area contributed by atoms with Gasteiger partial charge in [0.05, 0.1) is 10.8 Å². The first kappa shape index (κ1) is 19.3. The van der Waals surface area contributed by atoms with Gasteiger partial charge in [-0.3, -0.25) is 9.59 Å². The molecule has 2 aliphatic rings. The summed E-state index contributed by atoms with van der Waals surface area (Å²) in [4.78, 5) is 32.3. The minimum atomic E-state index is -0.233. The Bertz CT molecular complexity index is 850. The maximum Gasteiger partial charge on any atom is 0.228 e. The minimum Gasteiger partial charge on any atom is -0.343 e. The Labute approximate surface area is 173 Å². The molecule has 0 aliphatic carbocycles. The fraction of sp³-hybridized carbons (Fsp3) is 0.579. The number of hydrogen-bond acceptors (Lipinski definition) is 7. The summed E-state index contributed by atoms with van der Waals surface area (Å²) in [6.45, 7) is 9.39. The summed E-state index contributed by atoms with van der Waals surface area (Å²) in [6, 6.07) is 4.06. The number of likely N-dealkylation sites (tertiary alicyclic amines) is 1. The molecule has 0 spiro atoms. The zero-order chi connectivity index (χ0) is 19.9. The fourth-order valence-electron chi connectivity index (χ4n) is 3.74. The van der Waals surface area contributed by atoms with Crippen molar-refractivity contribution in [2.75, 3.05) is 37.6 Å². The number of thiophene rings is 1. The van der Waals surface area contributed by atoms with Gasteiger partial charge in [0.2, 0.25) is 16.9 Å². The van der Waals surface area contributed by atoms with E-state index in [9.17, 15) is 9.59 Å². The van der Waals surface area contributed by atoms with Gasteiger partial charge in [0.15, 0.2) is 5.01 Å². The standard InChI is InChI=1S/C19H25N5O2S2/c1-19(2,3)24-12-13(11-15(24)25)17(26)22-6-8-23(9-7-22)18-21-20-16(28-18)14-5-4-10-27-14/h4-5,10,13H,6-9,11-12H2,1-3H3. The molecule has 0 N–H and O–H groups in total. The van der Waals surface area contributed by atoms with Gasteiger partial charge in [0.25, 0.3) is 0 Å². The molecule has 0 bridgehead atoms. The number of anilines is 1. The maximum absolute atomic E-state index is 12.9. The highest BCUT2D eigenvalue weighted by atomic mass is 32.1. The van der Waals surface area contributed by atoms with Gasteiger partial charge in [0.1, 0.15) is 0 Å². The predicted octanol–water partition coefficient (Wildman–Crippen LogP) is 2.56. The molecular weight excluding hydrogens is 394 g/mol. The fourth-order valence-corrected chi connectivity index (χ4v) is 5.43. The van der Waals surface area contributed by atoms with Crippen molar-refractivity contribution in [3.05, 3.63) is 17.5 Å². The van der Waals surface area contributed by atoms with Crippen LogP contribution in [0.4, 0.5) is 5.13 Å².